The molecule has 0 aliphatic heterocycles. The highest BCUT2D eigenvalue weighted by molar-refractivity contribution is 5.87. The van der Waals surface area contributed by atoms with Gasteiger partial charge in [-0.05, 0) is 48.9 Å². The van der Waals surface area contributed by atoms with Crippen LogP contribution in [0.3, 0.4) is 0 Å². The Morgan fingerprint density at radius 2 is 1.96 bits per heavy atom. The lowest BCUT2D eigenvalue weighted by Gasteiger charge is -2.16. The average molecular weight is 310 g/mol. The largest absolute Gasteiger partial charge is 0.478 e. The van der Waals surface area contributed by atoms with Crippen molar-refractivity contribution in [2.75, 3.05) is 0 Å². The van der Waals surface area contributed by atoms with Crippen LogP contribution < -0.4 is 5.56 Å². The normalized spacial score (nSPS) is 13.9. The quantitative estimate of drug-likeness (QED) is 0.750. The molecule has 0 bridgehead atoms. The van der Waals surface area contributed by atoms with Crippen molar-refractivity contribution < 1.29 is 9.90 Å². The number of nitrogens with zero attached hydrogens (tertiary/aromatic N) is 3. The van der Waals surface area contributed by atoms with Crippen molar-refractivity contribution in [2.45, 2.75) is 25.7 Å². The van der Waals surface area contributed by atoms with Gasteiger partial charge in [-0.15, -0.1) is 0 Å². The van der Waals surface area contributed by atoms with E-state index in [1.54, 1.807) is 0 Å². The van der Waals surface area contributed by atoms with Gasteiger partial charge in [0.2, 0.25) is 5.95 Å². The molecular formula is C16H14N4O3. The molecular weight excluding hydrogens is 296 g/mol. The second-order valence-electron chi connectivity index (χ2n) is 5.71. The van der Waals surface area contributed by atoms with Crippen molar-refractivity contribution >= 4 is 16.9 Å². The van der Waals surface area contributed by atoms with E-state index in [0.717, 1.165) is 25.7 Å². The molecule has 1 aliphatic carbocycles. The first-order valence-corrected chi connectivity index (χ1v) is 7.46. The Hall–Kier alpha value is -2.96. The molecule has 0 unspecified atom stereocenters. The number of aromatic carboxylic acids is 1. The SMILES string of the molecule is O=C(O)c1cnn(-c2nc3cc4c(cc3c(=O)[nH]2)CCCC4)c1. The number of nitrogens with one attached hydrogen (secondary N) is 1. The monoisotopic (exact) mass is 310 g/mol. The number of hydrogen-bond acceptors (Lipinski definition) is 4. The van der Waals surface area contributed by atoms with Crippen molar-refractivity contribution in [1.29, 1.82) is 0 Å². The molecule has 0 fully saturated rings. The van der Waals surface area contributed by atoms with Crippen molar-refractivity contribution in [3.8, 4) is 5.95 Å². The lowest BCUT2D eigenvalue weighted by molar-refractivity contribution is 0.0697. The van der Waals surface area contributed by atoms with Gasteiger partial charge in [0.15, 0.2) is 0 Å². The predicted octanol–water partition coefficient (Wildman–Crippen LogP) is 1.69. The van der Waals surface area contributed by atoms with E-state index in [1.807, 2.05) is 12.1 Å². The van der Waals surface area contributed by atoms with E-state index in [0.29, 0.717) is 10.9 Å². The van der Waals surface area contributed by atoms with E-state index >= 15 is 0 Å². The molecule has 4 rings (SSSR count). The highest BCUT2D eigenvalue weighted by Gasteiger charge is 2.14. The molecule has 116 valence electrons. The van der Waals surface area contributed by atoms with Crippen LogP contribution in [0.5, 0.6) is 0 Å². The number of carboxylic acid groups (broad SMARTS) is 1. The highest BCUT2D eigenvalue weighted by atomic mass is 16.4. The van der Waals surface area contributed by atoms with Crippen LogP contribution >= 0.6 is 0 Å². The third kappa shape index (κ3) is 2.30. The van der Waals surface area contributed by atoms with Crippen LogP contribution in [0.15, 0.2) is 29.3 Å². The summed E-state index contributed by atoms with van der Waals surface area (Å²) < 4.78 is 1.27. The van der Waals surface area contributed by atoms with Gasteiger partial charge in [-0.3, -0.25) is 9.78 Å². The fourth-order valence-corrected chi connectivity index (χ4v) is 3.02. The Balaban J connectivity index is 1.88. The summed E-state index contributed by atoms with van der Waals surface area (Å²) in [5.41, 5.74) is 2.86. The first-order chi connectivity index (χ1) is 11.1. The van der Waals surface area contributed by atoms with E-state index < -0.39 is 5.97 Å². The summed E-state index contributed by atoms with van der Waals surface area (Å²) in [4.78, 5) is 30.4. The molecule has 23 heavy (non-hydrogen) atoms. The Kier molecular flexibility index (Phi) is 3.00. The average Bonchev–Trinajstić information content (AvgIpc) is 3.03. The van der Waals surface area contributed by atoms with Crippen molar-refractivity contribution in [3.05, 3.63) is 51.6 Å². The van der Waals surface area contributed by atoms with Gasteiger partial charge in [0, 0.05) is 6.20 Å². The van der Waals surface area contributed by atoms with E-state index in [2.05, 4.69) is 15.1 Å². The fourth-order valence-electron chi connectivity index (χ4n) is 3.02. The number of rotatable bonds is 2. The molecule has 1 aromatic carbocycles. The third-order valence-corrected chi connectivity index (χ3v) is 4.20. The maximum absolute atomic E-state index is 12.3. The highest BCUT2D eigenvalue weighted by Crippen LogP contribution is 2.24. The Morgan fingerprint density at radius 3 is 2.65 bits per heavy atom. The summed E-state index contributed by atoms with van der Waals surface area (Å²) in [5, 5.41) is 13.5. The summed E-state index contributed by atoms with van der Waals surface area (Å²) >= 11 is 0. The van der Waals surface area contributed by atoms with Crippen LogP contribution in [0.1, 0.15) is 34.3 Å². The number of H-pyrrole nitrogens is 1. The molecule has 0 amide bonds. The van der Waals surface area contributed by atoms with Gasteiger partial charge >= 0.3 is 5.97 Å². The molecule has 0 atom stereocenters. The maximum Gasteiger partial charge on any atom is 0.338 e. The zero-order valence-electron chi connectivity index (χ0n) is 12.2. The summed E-state index contributed by atoms with van der Waals surface area (Å²) in [5.74, 6) is -0.862. The molecule has 7 nitrogen and oxygen atoms in total. The van der Waals surface area contributed by atoms with Crippen LogP contribution in [0.25, 0.3) is 16.9 Å². The van der Waals surface area contributed by atoms with Crippen LogP contribution in [0, 0.1) is 0 Å². The molecule has 0 radical (unpaired) electrons. The smallest absolute Gasteiger partial charge is 0.338 e. The zero-order chi connectivity index (χ0) is 16.0. The maximum atomic E-state index is 12.3. The number of fused-ring (bicyclic) bond motifs is 2. The standard InChI is InChI=1S/C16H14N4O3/c21-14-12-5-9-3-1-2-4-10(9)6-13(12)18-16(19-14)20-8-11(7-17-20)15(22)23/h5-8H,1-4H2,(H,22,23)(H,18,19,21). The molecule has 2 aromatic heterocycles. The van der Waals surface area contributed by atoms with Crippen LogP contribution in [0.2, 0.25) is 0 Å². The van der Waals surface area contributed by atoms with Gasteiger partial charge in [0.25, 0.3) is 5.56 Å². The van der Waals surface area contributed by atoms with E-state index in [1.165, 1.54) is 28.2 Å². The van der Waals surface area contributed by atoms with Crippen molar-refractivity contribution in [3.63, 3.8) is 0 Å². The Bertz CT molecular complexity index is 987. The molecule has 0 saturated heterocycles. The molecule has 3 aromatic rings. The summed E-state index contributed by atoms with van der Waals surface area (Å²) in [7, 11) is 0. The van der Waals surface area contributed by atoms with Gasteiger partial charge < -0.3 is 5.11 Å². The molecule has 2 heterocycles. The number of hydrogen-bond donors (Lipinski definition) is 2. The summed E-state index contributed by atoms with van der Waals surface area (Å²) in [6.45, 7) is 0. The van der Waals surface area contributed by atoms with E-state index in [9.17, 15) is 9.59 Å². The number of carbonyl (C=O) groups is 1. The number of aromatic nitrogens is 4. The Labute approximate surface area is 130 Å². The van der Waals surface area contributed by atoms with Crippen molar-refractivity contribution in [1.82, 2.24) is 19.7 Å². The summed E-state index contributed by atoms with van der Waals surface area (Å²) in [6, 6.07) is 3.88. The van der Waals surface area contributed by atoms with Crippen LogP contribution in [-0.2, 0) is 12.8 Å². The second-order valence-corrected chi connectivity index (χ2v) is 5.71. The number of benzene rings is 1. The minimum atomic E-state index is -1.08. The van der Waals surface area contributed by atoms with Gasteiger partial charge in [0.1, 0.15) is 0 Å². The number of carboxylic acids is 1. The topological polar surface area (TPSA) is 101 Å². The lowest BCUT2D eigenvalue weighted by Crippen LogP contribution is -2.15. The molecule has 1 aliphatic rings. The minimum Gasteiger partial charge on any atom is -0.478 e. The Morgan fingerprint density at radius 1 is 1.22 bits per heavy atom. The lowest BCUT2D eigenvalue weighted by atomic mass is 9.90. The molecule has 0 saturated carbocycles. The van der Waals surface area contributed by atoms with Gasteiger partial charge in [-0.25, -0.2) is 14.5 Å². The second kappa shape index (κ2) is 5.05. The summed E-state index contributed by atoms with van der Waals surface area (Å²) in [6.07, 6.45) is 6.83. The van der Waals surface area contributed by atoms with Gasteiger partial charge in [-0.2, -0.15) is 5.10 Å². The first-order valence-electron chi connectivity index (χ1n) is 7.46. The molecule has 7 heteroatoms. The predicted molar refractivity (Wildman–Crippen MR) is 83.1 cm³/mol. The minimum absolute atomic E-state index is 0.0400. The van der Waals surface area contributed by atoms with E-state index in [-0.39, 0.29) is 17.1 Å². The fraction of sp³-hybridized carbons (Fsp3) is 0.250. The van der Waals surface area contributed by atoms with E-state index in [4.69, 9.17) is 5.11 Å². The third-order valence-electron chi connectivity index (χ3n) is 4.20. The number of aromatic amines is 1. The van der Waals surface area contributed by atoms with Crippen LogP contribution in [-0.4, -0.2) is 30.8 Å². The van der Waals surface area contributed by atoms with Crippen molar-refractivity contribution in [2.24, 2.45) is 0 Å². The number of aryl methyl sites for hydroxylation is 2. The van der Waals surface area contributed by atoms with Gasteiger partial charge in [-0.1, -0.05) is 0 Å². The first kappa shape index (κ1) is 13.7. The zero-order valence-corrected chi connectivity index (χ0v) is 12.2. The molecule has 0 spiro atoms. The molecule has 2 N–H and O–H groups in total. The van der Waals surface area contributed by atoms with Crippen LogP contribution in [0.4, 0.5) is 0 Å². The van der Waals surface area contributed by atoms with Gasteiger partial charge in [0.05, 0.1) is 22.7 Å².